The van der Waals surface area contributed by atoms with Crippen LogP contribution in [0.4, 0.5) is 0 Å². The fourth-order valence-corrected chi connectivity index (χ4v) is 6.26. The summed E-state index contributed by atoms with van der Waals surface area (Å²) in [5.41, 5.74) is 9.64. The number of esters is 2. The third kappa shape index (κ3) is 12.7. The maximum absolute atomic E-state index is 13.5. The van der Waals surface area contributed by atoms with E-state index in [1.165, 1.54) is 7.11 Å². The molecule has 1 unspecified atom stereocenters. The third-order valence-corrected chi connectivity index (χ3v) is 9.71. The molecule has 0 radical (unpaired) electrons. The Morgan fingerprint density at radius 3 is 2.51 bits per heavy atom. The summed E-state index contributed by atoms with van der Waals surface area (Å²) < 4.78 is 34.8. The van der Waals surface area contributed by atoms with Crippen LogP contribution in [0.3, 0.4) is 0 Å². The summed E-state index contributed by atoms with van der Waals surface area (Å²) in [6.07, 6.45) is 8.11. The molecule has 1 aliphatic heterocycles. The highest BCUT2D eigenvalue weighted by Crippen LogP contribution is 2.40. The molecule has 0 spiro atoms. The van der Waals surface area contributed by atoms with Gasteiger partial charge < -0.3 is 28.4 Å². The number of ether oxygens (including phenoxy) is 6. The Labute approximate surface area is 291 Å². The SMILES string of the molecule is COCOc1cc(OC)cc(/C=C/C[C@@H]2CC(C)(C)O[C@@H]2C(/C=C\C[C@H](C)N=[N+]=[N-])OC(=O)c2ccccc2)c1C(=O)OCC[Si](C)(C)C. The fraction of sp³-hybridized carbons (Fsp3) is 0.514. The van der Waals surface area contributed by atoms with Gasteiger partial charge in [-0.25, -0.2) is 9.59 Å². The molecule has 1 aliphatic rings. The number of rotatable bonds is 18. The summed E-state index contributed by atoms with van der Waals surface area (Å²) in [6.45, 7) is 12.8. The lowest BCUT2D eigenvalue weighted by Gasteiger charge is -2.26. The topological polar surface area (TPSA) is 138 Å². The number of benzene rings is 2. The molecule has 1 saturated heterocycles. The second-order valence-corrected chi connectivity index (χ2v) is 19.6. The van der Waals surface area contributed by atoms with Crippen molar-refractivity contribution in [3.05, 3.63) is 87.8 Å². The van der Waals surface area contributed by atoms with Crippen molar-refractivity contribution >= 4 is 26.1 Å². The fourth-order valence-electron chi connectivity index (χ4n) is 5.55. The van der Waals surface area contributed by atoms with E-state index in [2.05, 4.69) is 29.7 Å². The van der Waals surface area contributed by atoms with Crippen LogP contribution in [0.2, 0.25) is 25.7 Å². The number of hydrogen-bond acceptors (Lipinski definition) is 9. The predicted molar refractivity (Wildman–Crippen MR) is 193 cm³/mol. The molecule has 11 nitrogen and oxygen atoms in total. The van der Waals surface area contributed by atoms with Crippen molar-refractivity contribution in [2.45, 2.75) is 89.6 Å². The molecule has 2 aromatic rings. The standard InChI is InChI=1S/C37H51N3O8Si/c1-26(39-40-38)14-12-19-31(47-35(41)27-15-10-9-11-16-27)34-29(24-37(2,3)48-34)18-13-17-28-22-30(44-5)23-32(46-25-43-4)33(28)36(42)45-20-21-49(6,7)8/h9-13,15-17,19,22-23,26,29,31,34H,14,18,20-21,24-25H2,1-8H3/b17-13+,19-12-/t26-,29+,31?,34-/m0/s1. The van der Waals surface area contributed by atoms with E-state index < -0.39 is 37.8 Å². The molecule has 4 atom stereocenters. The van der Waals surface area contributed by atoms with E-state index in [9.17, 15) is 9.59 Å². The molecular weight excluding hydrogens is 643 g/mol. The second kappa shape index (κ2) is 18.6. The van der Waals surface area contributed by atoms with Gasteiger partial charge in [0.15, 0.2) is 6.79 Å². The number of allylic oxidation sites excluding steroid dienone is 1. The van der Waals surface area contributed by atoms with E-state index in [0.717, 1.165) is 6.04 Å². The van der Waals surface area contributed by atoms with Crippen molar-refractivity contribution < 1.29 is 38.0 Å². The molecule has 0 bridgehead atoms. The Morgan fingerprint density at radius 2 is 1.86 bits per heavy atom. The van der Waals surface area contributed by atoms with E-state index >= 15 is 0 Å². The van der Waals surface area contributed by atoms with Crippen LogP contribution in [0.1, 0.15) is 66.3 Å². The Morgan fingerprint density at radius 1 is 1.12 bits per heavy atom. The van der Waals surface area contributed by atoms with Gasteiger partial charge in [0.25, 0.3) is 0 Å². The highest BCUT2D eigenvalue weighted by atomic mass is 28.3. The lowest BCUT2D eigenvalue weighted by Crippen LogP contribution is -2.35. The predicted octanol–water partition coefficient (Wildman–Crippen LogP) is 8.63. The first-order valence-electron chi connectivity index (χ1n) is 16.6. The molecule has 49 heavy (non-hydrogen) atoms. The largest absolute Gasteiger partial charge is 0.497 e. The van der Waals surface area contributed by atoms with Crippen molar-refractivity contribution in [1.29, 1.82) is 0 Å². The van der Waals surface area contributed by atoms with Crippen molar-refractivity contribution in [1.82, 2.24) is 0 Å². The first-order valence-corrected chi connectivity index (χ1v) is 20.3. The van der Waals surface area contributed by atoms with Crippen molar-refractivity contribution in [2.24, 2.45) is 11.0 Å². The number of azide groups is 1. The zero-order chi connectivity index (χ0) is 36.0. The molecule has 12 heteroatoms. The van der Waals surface area contributed by atoms with Crippen molar-refractivity contribution in [2.75, 3.05) is 27.6 Å². The molecule has 0 saturated carbocycles. The average molecular weight is 694 g/mol. The minimum absolute atomic E-state index is 0.0407. The molecule has 0 aliphatic carbocycles. The molecule has 3 rings (SSSR count). The first-order chi connectivity index (χ1) is 23.3. The molecule has 0 amide bonds. The van der Waals surface area contributed by atoms with E-state index in [4.69, 9.17) is 34.0 Å². The Balaban J connectivity index is 1.93. The van der Waals surface area contributed by atoms with E-state index in [0.29, 0.717) is 48.5 Å². The summed E-state index contributed by atoms with van der Waals surface area (Å²) in [5.74, 6) is -0.169. The minimum Gasteiger partial charge on any atom is -0.497 e. The Bertz CT molecular complexity index is 1500. The quantitative estimate of drug-likeness (QED) is 0.0288. The van der Waals surface area contributed by atoms with Crippen LogP contribution in [0.25, 0.3) is 16.5 Å². The van der Waals surface area contributed by atoms with E-state index in [1.54, 1.807) is 43.5 Å². The number of methoxy groups -OCH3 is 2. The molecule has 266 valence electrons. The monoisotopic (exact) mass is 693 g/mol. The zero-order valence-corrected chi connectivity index (χ0v) is 31.0. The van der Waals surface area contributed by atoms with Crippen LogP contribution < -0.4 is 9.47 Å². The van der Waals surface area contributed by atoms with Gasteiger partial charge in [-0.2, -0.15) is 0 Å². The summed E-state index contributed by atoms with van der Waals surface area (Å²) in [6, 6.07) is 12.8. The van der Waals surface area contributed by atoms with Gasteiger partial charge in [0, 0.05) is 32.2 Å². The van der Waals surface area contributed by atoms with E-state index in [1.807, 2.05) is 51.1 Å². The third-order valence-electron chi connectivity index (χ3n) is 8.00. The lowest BCUT2D eigenvalue weighted by molar-refractivity contribution is -0.0723. The lowest BCUT2D eigenvalue weighted by atomic mass is 9.88. The molecule has 0 N–H and O–H groups in total. The number of carbonyl (C=O) groups excluding carboxylic acids is 2. The van der Waals surface area contributed by atoms with Crippen LogP contribution in [-0.4, -0.2) is 71.5 Å². The van der Waals surface area contributed by atoms with E-state index in [-0.39, 0.29) is 24.3 Å². The summed E-state index contributed by atoms with van der Waals surface area (Å²) in [7, 11) is 1.63. The maximum Gasteiger partial charge on any atom is 0.342 e. The van der Waals surface area contributed by atoms with Gasteiger partial charge in [0.05, 0.1) is 24.9 Å². The summed E-state index contributed by atoms with van der Waals surface area (Å²) in [5, 5.41) is 3.74. The van der Waals surface area contributed by atoms with Crippen molar-refractivity contribution in [3.63, 3.8) is 0 Å². The van der Waals surface area contributed by atoms with Crippen LogP contribution >= 0.6 is 0 Å². The maximum atomic E-state index is 13.5. The first kappa shape index (κ1) is 39.3. The molecular formula is C37H51N3O8Si. The summed E-state index contributed by atoms with van der Waals surface area (Å²) >= 11 is 0. The average Bonchev–Trinajstić information content (AvgIpc) is 3.36. The Kier molecular flexibility index (Phi) is 14.9. The second-order valence-electron chi connectivity index (χ2n) is 14.0. The van der Waals surface area contributed by atoms with Gasteiger partial charge in [-0.05, 0) is 80.4 Å². The molecule has 1 heterocycles. The summed E-state index contributed by atoms with van der Waals surface area (Å²) in [4.78, 5) is 29.6. The molecule has 2 aromatic carbocycles. The highest BCUT2D eigenvalue weighted by molar-refractivity contribution is 6.76. The normalized spacial score (nSPS) is 18.5. The van der Waals surface area contributed by atoms with Gasteiger partial charge in [-0.15, -0.1) is 0 Å². The van der Waals surface area contributed by atoms with Gasteiger partial charge in [-0.3, -0.25) is 0 Å². The van der Waals surface area contributed by atoms with Crippen LogP contribution in [0.15, 0.2) is 65.8 Å². The van der Waals surface area contributed by atoms with Crippen LogP contribution in [-0.2, 0) is 18.9 Å². The number of nitrogens with zero attached hydrogens (tertiary/aromatic N) is 3. The number of carbonyl (C=O) groups is 2. The minimum atomic E-state index is -1.43. The zero-order valence-electron chi connectivity index (χ0n) is 30.0. The number of hydrogen-bond donors (Lipinski definition) is 0. The molecule has 0 aromatic heterocycles. The van der Waals surface area contributed by atoms with Gasteiger partial charge in [0.1, 0.15) is 29.3 Å². The smallest absolute Gasteiger partial charge is 0.342 e. The van der Waals surface area contributed by atoms with Crippen LogP contribution in [0, 0.1) is 5.92 Å². The van der Waals surface area contributed by atoms with Gasteiger partial charge >= 0.3 is 11.9 Å². The van der Waals surface area contributed by atoms with Gasteiger partial charge in [-0.1, -0.05) is 68.1 Å². The van der Waals surface area contributed by atoms with Gasteiger partial charge in [0.2, 0.25) is 0 Å². The highest BCUT2D eigenvalue weighted by Gasteiger charge is 2.44. The molecule has 1 fully saturated rings. The Hall–Kier alpha value is -4.09. The van der Waals surface area contributed by atoms with Crippen LogP contribution in [0.5, 0.6) is 11.5 Å². The van der Waals surface area contributed by atoms with Crippen molar-refractivity contribution in [3.8, 4) is 11.5 Å².